The smallest absolute Gasteiger partial charge is 0.237 e. The summed E-state index contributed by atoms with van der Waals surface area (Å²) >= 11 is 5.84. The molecule has 1 heterocycles. The first-order chi connectivity index (χ1) is 10.5. The summed E-state index contributed by atoms with van der Waals surface area (Å²) in [5.74, 6) is -1.29. The Hall–Kier alpha value is -2.20. The van der Waals surface area contributed by atoms with Gasteiger partial charge in [-0.25, -0.2) is 4.39 Å². The summed E-state index contributed by atoms with van der Waals surface area (Å²) in [6, 6.07) is 12.6. The molecule has 0 bridgehead atoms. The van der Waals surface area contributed by atoms with Crippen molar-refractivity contribution >= 4 is 29.1 Å². The molecule has 0 aliphatic carbocycles. The van der Waals surface area contributed by atoms with Gasteiger partial charge in [-0.3, -0.25) is 14.5 Å². The van der Waals surface area contributed by atoms with E-state index in [1.807, 2.05) is 12.1 Å². The van der Waals surface area contributed by atoms with E-state index >= 15 is 0 Å². The van der Waals surface area contributed by atoms with Crippen molar-refractivity contribution in [3.8, 4) is 0 Å². The fraction of sp³-hybridized carbons (Fsp3) is 0.176. The number of benzene rings is 2. The topological polar surface area (TPSA) is 37.4 Å². The highest BCUT2D eigenvalue weighted by Gasteiger charge is 2.39. The van der Waals surface area contributed by atoms with Crippen molar-refractivity contribution in [3.63, 3.8) is 0 Å². The molecule has 1 atom stereocenters. The largest absolute Gasteiger partial charge is 0.274 e. The van der Waals surface area contributed by atoms with Crippen LogP contribution in [0, 0.1) is 11.7 Å². The Morgan fingerprint density at radius 1 is 1.05 bits per heavy atom. The number of carbonyl (C=O) groups is 2. The number of halogens is 2. The molecule has 0 saturated carbocycles. The van der Waals surface area contributed by atoms with Crippen LogP contribution in [0.1, 0.15) is 12.0 Å². The molecule has 0 aromatic heterocycles. The van der Waals surface area contributed by atoms with Crippen LogP contribution in [0.4, 0.5) is 10.1 Å². The monoisotopic (exact) mass is 317 g/mol. The van der Waals surface area contributed by atoms with Crippen LogP contribution in [0.3, 0.4) is 0 Å². The Balaban J connectivity index is 1.79. The van der Waals surface area contributed by atoms with Crippen LogP contribution in [0.15, 0.2) is 48.5 Å². The molecule has 0 spiro atoms. The van der Waals surface area contributed by atoms with Crippen molar-refractivity contribution in [1.82, 2.24) is 0 Å². The highest BCUT2D eigenvalue weighted by Crippen LogP contribution is 2.29. The molecule has 5 heteroatoms. The zero-order valence-electron chi connectivity index (χ0n) is 11.6. The minimum Gasteiger partial charge on any atom is -0.274 e. The van der Waals surface area contributed by atoms with Crippen molar-refractivity contribution < 1.29 is 14.0 Å². The number of anilines is 1. The Kier molecular flexibility index (Phi) is 3.94. The van der Waals surface area contributed by atoms with Gasteiger partial charge in [-0.05, 0) is 48.4 Å². The minimum absolute atomic E-state index is 0.166. The zero-order valence-corrected chi connectivity index (χ0v) is 12.4. The molecule has 1 fully saturated rings. The molecule has 1 aliphatic rings. The van der Waals surface area contributed by atoms with E-state index in [1.165, 1.54) is 24.3 Å². The maximum atomic E-state index is 13.0. The molecule has 0 N–H and O–H groups in total. The van der Waals surface area contributed by atoms with Gasteiger partial charge in [0.1, 0.15) is 5.82 Å². The minimum atomic E-state index is -0.402. The first kappa shape index (κ1) is 14.7. The first-order valence-corrected chi connectivity index (χ1v) is 7.29. The van der Waals surface area contributed by atoms with Gasteiger partial charge in [-0.1, -0.05) is 23.7 Å². The van der Waals surface area contributed by atoms with Gasteiger partial charge in [0, 0.05) is 11.4 Å². The zero-order chi connectivity index (χ0) is 15.7. The molecular weight excluding hydrogens is 305 g/mol. The lowest BCUT2D eigenvalue weighted by atomic mass is 9.98. The number of hydrogen-bond donors (Lipinski definition) is 0. The molecule has 3 rings (SSSR count). The van der Waals surface area contributed by atoms with Gasteiger partial charge in [0.25, 0.3) is 0 Å². The van der Waals surface area contributed by atoms with E-state index in [1.54, 1.807) is 12.1 Å². The lowest BCUT2D eigenvalue weighted by Gasteiger charge is -2.15. The number of imide groups is 1. The molecule has 22 heavy (non-hydrogen) atoms. The second kappa shape index (κ2) is 5.89. The van der Waals surface area contributed by atoms with Crippen LogP contribution in [-0.4, -0.2) is 11.8 Å². The summed E-state index contributed by atoms with van der Waals surface area (Å²) < 4.78 is 13.0. The van der Waals surface area contributed by atoms with Crippen LogP contribution < -0.4 is 4.90 Å². The van der Waals surface area contributed by atoms with Gasteiger partial charge in [-0.15, -0.1) is 0 Å². The van der Waals surface area contributed by atoms with Gasteiger partial charge in [0.05, 0.1) is 11.6 Å². The normalized spacial score (nSPS) is 18.1. The number of nitrogens with zero attached hydrogens (tertiary/aromatic N) is 1. The quantitative estimate of drug-likeness (QED) is 0.811. The van der Waals surface area contributed by atoms with Gasteiger partial charge in [0.2, 0.25) is 11.8 Å². The fourth-order valence-electron chi connectivity index (χ4n) is 2.62. The average molecular weight is 318 g/mol. The molecule has 1 aliphatic heterocycles. The van der Waals surface area contributed by atoms with Crippen LogP contribution in [0.5, 0.6) is 0 Å². The van der Waals surface area contributed by atoms with Gasteiger partial charge < -0.3 is 0 Å². The number of hydrogen-bond acceptors (Lipinski definition) is 2. The summed E-state index contributed by atoms with van der Waals surface area (Å²) in [4.78, 5) is 25.7. The van der Waals surface area contributed by atoms with Crippen LogP contribution >= 0.6 is 11.6 Å². The number of amides is 2. The summed E-state index contributed by atoms with van der Waals surface area (Å²) in [6.45, 7) is 0. The third-order valence-electron chi connectivity index (χ3n) is 3.72. The van der Waals surface area contributed by atoms with E-state index in [4.69, 9.17) is 11.6 Å². The van der Waals surface area contributed by atoms with Crippen molar-refractivity contribution in [1.29, 1.82) is 0 Å². The Bertz CT molecular complexity index is 712. The van der Waals surface area contributed by atoms with Crippen LogP contribution in [0.25, 0.3) is 0 Å². The fourth-order valence-corrected chi connectivity index (χ4v) is 2.75. The second-order valence-electron chi connectivity index (χ2n) is 5.28. The SMILES string of the molecule is O=C1CC(Cc2ccc(Cl)cc2)C(=O)N1c1ccc(F)cc1. The number of carbonyl (C=O) groups excluding carboxylic acids is 2. The van der Waals surface area contributed by atoms with Crippen molar-refractivity contribution in [2.75, 3.05) is 4.90 Å². The van der Waals surface area contributed by atoms with E-state index in [-0.39, 0.29) is 18.2 Å². The predicted octanol–water partition coefficient (Wildman–Crippen LogP) is 3.60. The van der Waals surface area contributed by atoms with E-state index in [2.05, 4.69) is 0 Å². The molecule has 0 radical (unpaired) electrons. The molecule has 2 amide bonds. The maximum absolute atomic E-state index is 13.0. The lowest BCUT2D eigenvalue weighted by Crippen LogP contribution is -2.30. The summed E-state index contributed by atoms with van der Waals surface area (Å²) in [5, 5.41) is 0.630. The molecule has 2 aromatic carbocycles. The second-order valence-corrected chi connectivity index (χ2v) is 5.71. The molecule has 2 aromatic rings. The van der Waals surface area contributed by atoms with E-state index < -0.39 is 11.7 Å². The molecular formula is C17H13ClFNO2. The van der Waals surface area contributed by atoms with Crippen molar-refractivity contribution in [2.24, 2.45) is 5.92 Å². The third-order valence-corrected chi connectivity index (χ3v) is 3.97. The van der Waals surface area contributed by atoms with E-state index in [9.17, 15) is 14.0 Å². The van der Waals surface area contributed by atoms with Gasteiger partial charge >= 0.3 is 0 Å². The van der Waals surface area contributed by atoms with E-state index in [0.29, 0.717) is 17.1 Å². The molecule has 1 unspecified atom stereocenters. The molecule has 1 saturated heterocycles. The molecule has 112 valence electrons. The standard InChI is InChI=1S/C17H13ClFNO2/c18-13-3-1-11(2-4-13)9-12-10-16(21)20(17(12)22)15-7-5-14(19)6-8-15/h1-8,12H,9-10H2. The highest BCUT2D eigenvalue weighted by molar-refractivity contribution is 6.30. The van der Waals surface area contributed by atoms with Crippen LogP contribution in [0.2, 0.25) is 5.02 Å². The maximum Gasteiger partial charge on any atom is 0.237 e. The van der Waals surface area contributed by atoms with Crippen molar-refractivity contribution in [2.45, 2.75) is 12.8 Å². The first-order valence-electron chi connectivity index (χ1n) is 6.91. The molecule has 3 nitrogen and oxygen atoms in total. The summed E-state index contributed by atoms with van der Waals surface area (Å²) in [6.07, 6.45) is 0.651. The van der Waals surface area contributed by atoms with Gasteiger partial charge in [0.15, 0.2) is 0 Å². The Morgan fingerprint density at radius 3 is 2.32 bits per heavy atom. The van der Waals surface area contributed by atoms with E-state index in [0.717, 1.165) is 10.5 Å². The average Bonchev–Trinajstić information content (AvgIpc) is 2.77. The summed E-state index contributed by atoms with van der Waals surface area (Å²) in [5.41, 5.74) is 1.37. The Morgan fingerprint density at radius 2 is 1.68 bits per heavy atom. The Labute approximate surface area is 132 Å². The predicted molar refractivity (Wildman–Crippen MR) is 82.2 cm³/mol. The highest BCUT2D eigenvalue weighted by atomic mass is 35.5. The van der Waals surface area contributed by atoms with Crippen molar-refractivity contribution in [3.05, 3.63) is 64.9 Å². The van der Waals surface area contributed by atoms with Gasteiger partial charge in [-0.2, -0.15) is 0 Å². The van der Waals surface area contributed by atoms with Crippen LogP contribution in [-0.2, 0) is 16.0 Å². The summed E-state index contributed by atoms with van der Waals surface area (Å²) in [7, 11) is 0. The lowest BCUT2D eigenvalue weighted by molar-refractivity contribution is -0.122. The number of rotatable bonds is 3. The third kappa shape index (κ3) is 2.88.